The van der Waals surface area contributed by atoms with Crippen LogP contribution in [0.25, 0.3) is 6.08 Å². The summed E-state index contributed by atoms with van der Waals surface area (Å²) >= 11 is 6.91. The van der Waals surface area contributed by atoms with Crippen LogP contribution in [-0.4, -0.2) is 43.4 Å². The number of ether oxygens (including phenoxy) is 1. The van der Waals surface area contributed by atoms with Crippen LogP contribution in [0, 0.1) is 12.7 Å². The largest absolute Gasteiger partial charge is 0.462 e. The number of amides is 2. The summed E-state index contributed by atoms with van der Waals surface area (Å²) in [5, 5.41) is 2.91. The quantitative estimate of drug-likeness (QED) is 0.536. The van der Waals surface area contributed by atoms with Gasteiger partial charge in [0.2, 0.25) is 5.91 Å². The highest BCUT2D eigenvalue weighted by Gasteiger charge is 2.27. The van der Waals surface area contributed by atoms with E-state index in [4.69, 9.17) is 16.3 Å². The summed E-state index contributed by atoms with van der Waals surface area (Å²) in [5.74, 6) is -2.12. The van der Waals surface area contributed by atoms with Gasteiger partial charge in [0.05, 0.1) is 22.1 Å². The van der Waals surface area contributed by atoms with E-state index in [1.54, 1.807) is 27.9 Å². The molecule has 0 saturated heterocycles. The number of esters is 1. The Hall–Kier alpha value is -2.71. The predicted octanol–water partition coefficient (Wildman–Crippen LogP) is 4.38. The van der Waals surface area contributed by atoms with Gasteiger partial charge in [0.1, 0.15) is 10.8 Å². The van der Waals surface area contributed by atoms with Crippen molar-refractivity contribution in [1.29, 1.82) is 0 Å². The number of rotatable bonds is 6. The third-order valence-electron chi connectivity index (χ3n) is 3.86. The fourth-order valence-corrected chi connectivity index (χ4v) is 3.89. The molecule has 2 aromatic rings. The van der Waals surface area contributed by atoms with Gasteiger partial charge in [0, 0.05) is 25.7 Å². The summed E-state index contributed by atoms with van der Waals surface area (Å²) in [5.41, 5.74) is 0.608. The lowest BCUT2D eigenvalue weighted by atomic mass is 10.1. The van der Waals surface area contributed by atoms with Crippen LogP contribution in [0.5, 0.6) is 0 Å². The molecule has 154 valence electrons. The molecule has 0 radical (unpaired) electrons. The molecule has 2 amide bonds. The van der Waals surface area contributed by atoms with Gasteiger partial charge in [0.25, 0.3) is 5.91 Å². The second-order valence-corrected chi connectivity index (χ2v) is 7.57. The molecule has 0 unspecified atom stereocenters. The van der Waals surface area contributed by atoms with E-state index < -0.39 is 17.7 Å². The van der Waals surface area contributed by atoms with Crippen molar-refractivity contribution >= 4 is 51.8 Å². The van der Waals surface area contributed by atoms with Gasteiger partial charge in [-0.05, 0) is 37.6 Å². The molecule has 0 aliphatic rings. The Labute approximate surface area is 176 Å². The van der Waals surface area contributed by atoms with Crippen molar-refractivity contribution in [3.05, 3.63) is 56.7 Å². The van der Waals surface area contributed by atoms with Crippen LogP contribution in [-0.2, 0) is 9.53 Å². The van der Waals surface area contributed by atoms with Crippen molar-refractivity contribution in [2.45, 2.75) is 13.8 Å². The van der Waals surface area contributed by atoms with Crippen molar-refractivity contribution in [3.8, 4) is 0 Å². The first-order valence-electron chi connectivity index (χ1n) is 8.62. The molecule has 0 spiro atoms. The molecule has 1 heterocycles. The second-order valence-electron chi connectivity index (χ2n) is 6.14. The van der Waals surface area contributed by atoms with Gasteiger partial charge in [-0.3, -0.25) is 9.59 Å². The minimum Gasteiger partial charge on any atom is -0.462 e. The van der Waals surface area contributed by atoms with E-state index in [1.807, 2.05) is 0 Å². The molecule has 0 bridgehead atoms. The van der Waals surface area contributed by atoms with Crippen LogP contribution >= 0.6 is 22.9 Å². The van der Waals surface area contributed by atoms with Crippen molar-refractivity contribution in [2.24, 2.45) is 0 Å². The van der Waals surface area contributed by atoms with Gasteiger partial charge >= 0.3 is 5.97 Å². The Bertz CT molecular complexity index is 965. The van der Waals surface area contributed by atoms with Crippen molar-refractivity contribution in [3.63, 3.8) is 0 Å². The summed E-state index contributed by atoms with van der Waals surface area (Å²) in [6.07, 6.45) is 2.34. The molecule has 0 saturated carbocycles. The number of nitrogens with zero attached hydrogens (tertiary/aromatic N) is 1. The molecule has 9 heteroatoms. The summed E-state index contributed by atoms with van der Waals surface area (Å²) in [7, 11) is 3.18. The Morgan fingerprint density at radius 2 is 2.00 bits per heavy atom. The van der Waals surface area contributed by atoms with E-state index in [9.17, 15) is 18.8 Å². The minimum absolute atomic E-state index is 0.0702. The zero-order chi connectivity index (χ0) is 21.7. The molecule has 0 atom stereocenters. The summed E-state index contributed by atoms with van der Waals surface area (Å²) < 4.78 is 18.9. The standard InChI is InChI=1S/C20H20ClFN2O4S/c1-5-28-20(27)16-11(2)17(19(26)24(3)4)29-18(16)23-15(25)10-9-12-13(21)7-6-8-14(12)22/h6-10H,5H2,1-4H3,(H,23,25)/b10-9+. The summed E-state index contributed by atoms with van der Waals surface area (Å²) in [4.78, 5) is 38.8. The monoisotopic (exact) mass is 438 g/mol. The smallest absolute Gasteiger partial charge is 0.341 e. The van der Waals surface area contributed by atoms with Crippen LogP contribution in [0.3, 0.4) is 0 Å². The molecule has 1 N–H and O–H groups in total. The minimum atomic E-state index is -0.643. The lowest BCUT2D eigenvalue weighted by Crippen LogP contribution is -2.21. The van der Waals surface area contributed by atoms with Gasteiger partial charge in [-0.25, -0.2) is 9.18 Å². The topological polar surface area (TPSA) is 75.7 Å². The summed E-state index contributed by atoms with van der Waals surface area (Å²) in [6.45, 7) is 3.42. The number of carbonyl (C=O) groups excluding carboxylic acids is 3. The van der Waals surface area contributed by atoms with Crippen LogP contribution in [0.2, 0.25) is 5.02 Å². The molecule has 0 aliphatic heterocycles. The van der Waals surface area contributed by atoms with Gasteiger partial charge in [-0.2, -0.15) is 0 Å². The molecule has 1 aromatic heterocycles. The third kappa shape index (κ3) is 5.21. The van der Waals surface area contributed by atoms with Crippen LogP contribution in [0.15, 0.2) is 24.3 Å². The maximum Gasteiger partial charge on any atom is 0.341 e. The number of thiophene rings is 1. The average Bonchev–Trinajstić information content (AvgIpc) is 2.96. The molecule has 0 fully saturated rings. The number of hydrogen-bond donors (Lipinski definition) is 1. The molecule has 1 aromatic carbocycles. The Kier molecular flexibility index (Phi) is 7.53. The molecular formula is C20H20ClFN2O4S. The fourth-order valence-electron chi connectivity index (χ4n) is 2.44. The Morgan fingerprint density at radius 3 is 2.59 bits per heavy atom. The van der Waals surface area contributed by atoms with E-state index in [-0.39, 0.29) is 33.7 Å². The number of halogens is 2. The van der Waals surface area contributed by atoms with Crippen molar-refractivity contribution in [2.75, 3.05) is 26.0 Å². The van der Waals surface area contributed by atoms with Gasteiger partial charge in [-0.15, -0.1) is 11.3 Å². The molecular weight excluding hydrogens is 419 g/mol. The van der Waals surface area contributed by atoms with Crippen LogP contribution in [0.1, 0.15) is 38.1 Å². The normalized spacial score (nSPS) is 10.8. The lowest BCUT2D eigenvalue weighted by molar-refractivity contribution is -0.111. The molecule has 0 aliphatic carbocycles. The first-order valence-corrected chi connectivity index (χ1v) is 9.82. The van der Waals surface area contributed by atoms with E-state index in [2.05, 4.69) is 5.32 Å². The highest BCUT2D eigenvalue weighted by Crippen LogP contribution is 2.34. The van der Waals surface area contributed by atoms with E-state index >= 15 is 0 Å². The first-order chi connectivity index (χ1) is 13.7. The van der Waals surface area contributed by atoms with E-state index in [0.29, 0.717) is 10.4 Å². The molecule has 6 nitrogen and oxygen atoms in total. The molecule has 29 heavy (non-hydrogen) atoms. The number of carbonyl (C=O) groups is 3. The van der Waals surface area contributed by atoms with Crippen LogP contribution in [0.4, 0.5) is 9.39 Å². The number of anilines is 1. The number of nitrogens with one attached hydrogen (secondary N) is 1. The van der Waals surface area contributed by atoms with Crippen LogP contribution < -0.4 is 5.32 Å². The number of hydrogen-bond acceptors (Lipinski definition) is 5. The lowest BCUT2D eigenvalue weighted by Gasteiger charge is -2.09. The Morgan fingerprint density at radius 1 is 1.31 bits per heavy atom. The highest BCUT2D eigenvalue weighted by molar-refractivity contribution is 7.18. The average molecular weight is 439 g/mol. The fraction of sp³-hybridized carbons (Fsp3) is 0.250. The maximum absolute atomic E-state index is 13.8. The van der Waals surface area contributed by atoms with Gasteiger partial charge < -0.3 is 15.0 Å². The van der Waals surface area contributed by atoms with Gasteiger partial charge in [0.15, 0.2) is 0 Å². The van der Waals surface area contributed by atoms with E-state index in [1.165, 1.54) is 29.2 Å². The Balaban J connectivity index is 2.36. The predicted molar refractivity (Wildman–Crippen MR) is 112 cm³/mol. The zero-order valence-corrected chi connectivity index (χ0v) is 17.9. The number of benzene rings is 1. The first kappa shape index (κ1) is 22.6. The zero-order valence-electron chi connectivity index (χ0n) is 16.3. The van der Waals surface area contributed by atoms with Crippen molar-refractivity contribution < 1.29 is 23.5 Å². The van der Waals surface area contributed by atoms with Crippen molar-refractivity contribution in [1.82, 2.24) is 4.90 Å². The maximum atomic E-state index is 13.8. The highest BCUT2D eigenvalue weighted by atomic mass is 35.5. The SMILES string of the molecule is CCOC(=O)c1c(NC(=O)/C=C/c2c(F)cccc2Cl)sc(C(=O)N(C)C)c1C. The summed E-state index contributed by atoms with van der Waals surface area (Å²) in [6, 6.07) is 4.19. The van der Waals surface area contributed by atoms with E-state index in [0.717, 1.165) is 17.4 Å². The second kappa shape index (κ2) is 9.67. The molecule has 2 rings (SSSR count). The van der Waals surface area contributed by atoms with Gasteiger partial charge in [-0.1, -0.05) is 17.7 Å². The third-order valence-corrected chi connectivity index (χ3v) is 5.39.